The van der Waals surface area contributed by atoms with Crippen LogP contribution in [0.1, 0.15) is 32.6 Å². The number of anilines is 1. The number of nitrogens with zero attached hydrogens (tertiary/aromatic N) is 3. The van der Waals surface area contributed by atoms with Crippen LogP contribution in [0.5, 0.6) is 0 Å². The van der Waals surface area contributed by atoms with Crippen LogP contribution < -0.4 is 5.32 Å². The monoisotopic (exact) mass is 380 g/mol. The molecule has 0 atom stereocenters. The van der Waals surface area contributed by atoms with Crippen LogP contribution in [-0.4, -0.2) is 15.9 Å². The normalized spacial score (nSPS) is 10.3. The summed E-state index contributed by atoms with van der Waals surface area (Å²) in [7, 11) is 0. The molecule has 0 unspecified atom stereocenters. The SMILES string of the molecule is Cc1cc(C(=O)Nc2ccc(Cc3cc(F)cc(C#N)c3)cn2)cnc1Cl. The Kier molecular flexibility index (Phi) is 5.43. The fourth-order valence-corrected chi connectivity index (χ4v) is 2.63. The van der Waals surface area contributed by atoms with Crippen LogP contribution in [0.25, 0.3) is 0 Å². The number of carbonyl (C=O) groups excluding carboxylic acids is 1. The number of pyridine rings is 2. The largest absolute Gasteiger partial charge is 0.307 e. The number of amides is 1. The molecule has 0 spiro atoms. The molecule has 0 saturated heterocycles. The van der Waals surface area contributed by atoms with E-state index in [2.05, 4.69) is 15.3 Å². The molecule has 7 heteroatoms. The van der Waals surface area contributed by atoms with E-state index in [1.807, 2.05) is 6.07 Å². The molecule has 0 bridgehead atoms. The molecule has 27 heavy (non-hydrogen) atoms. The van der Waals surface area contributed by atoms with Gasteiger partial charge >= 0.3 is 0 Å². The molecule has 0 aliphatic carbocycles. The summed E-state index contributed by atoms with van der Waals surface area (Å²) in [6.07, 6.45) is 3.42. The van der Waals surface area contributed by atoms with Gasteiger partial charge in [-0.15, -0.1) is 0 Å². The van der Waals surface area contributed by atoms with Crippen molar-refractivity contribution in [1.82, 2.24) is 9.97 Å². The standard InChI is InChI=1S/C20H14ClFN4O/c1-12-4-16(11-25-19(12)21)20(27)26-18-3-2-13(10-24-18)5-14-6-15(9-23)8-17(22)7-14/h2-4,6-8,10-11H,5H2,1H3,(H,24,26,27). The summed E-state index contributed by atoms with van der Waals surface area (Å²) in [5.74, 6) is -0.410. The highest BCUT2D eigenvalue weighted by atomic mass is 35.5. The van der Waals surface area contributed by atoms with Gasteiger partial charge in [-0.05, 0) is 60.4 Å². The predicted molar refractivity (Wildman–Crippen MR) is 100 cm³/mol. The summed E-state index contributed by atoms with van der Waals surface area (Å²) < 4.78 is 13.5. The average molecular weight is 381 g/mol. The molecule has 0 aliphatic rings. The van der Waals surface area contributed by atoms with Crippen molar-refractivity contribution in [3.63, 3.8) is 0 Å². The molecule has 5 nitrogen and oxygen atoms in total. The molecule has 2 heterocycles. The first-order valence-corrected chi connectivity index (χ1v) is 8.40. The third kappa shape index (κ3) is 4.66. The maximum absolute atomic E-state index is 13.5. The number of nitrogens with one attached hydrogen (secondary N) is 1. The summed E-state index contributed by atoms with van der Waals surface area (Å²) >= 11 is 5.86. The number of rotatable bonds is 4. The Balaban J connectivity index is 1.70. The second kappa shape index (κ2) is 7.94. The second-order valence-electron chi connectivity index (χ2n) is 5.97. The van der Waals surface area contributed by atoms with Crippen molar-refractivity contribution < 1.29 is 9.18 Å². The lowest BCUT2D eigenvalue weighted by atomic mass is 10.0. The minimum absolute atomic E-state index is 0.272. The molecule has 2 aromatic heterocycles. The van der Waals surface area contributed by atoms with Gasteiger partial charge in [0.1, 0.15) is 16.8 Å². The predicted octanol–water partition coefficient (Wildman–Crippen LogP) is 4.29. The quantitative estimate of drug-likeness (QED) is 0.685. The third-order valence-corrected chi connectivity index (χ3v) is 4.23. The first-order valence-electron chi connectivity index (χ1n) is 8.02. The minimum Gasteiger partial charge on any atom is -0.307 e. The lowest BCUT2D eigenvalue weighted by Crippen LogP contribution is -2.13. The van der Waals surface area contributed by atoms with Crippen molar-refractivity contribution >= 4 is 23.3 Å². The topological polar surface area (TPSA) is 78.7 Å². The van der Waals surface area contributed by atoms with Crippen molar-refractivity contribution in [1.29, 1.82) is 5.26 Å². The third-order valence-electron chi connectivity index (χ3n) is 3.84. The fourth-order valence-electron chi connectivity index (χ4n) is 2.53. The first-order chi connectivity index (χ1) is 12.9. The van der Waals surface area contributed by atoms with Crippen molar-refractivity contribution in [3.8, 4) is 6.07 Å². The van der Waals surface area contributed by atoms with Gasteiger partial charge in [-0.1, -0.05) is 17.7 Å². The van der Waals surface area contributed by atoms with Gasteiger partial charge in [-0.25, -0.2) is 14.4 Å². The number of aromatic nitrogens is 2. The second-order valence-corrected chi connectivity index (χ2v) is 6.33. The van der Waals surface area contributed by atoms with Gasteiger partial charge in [0, 0.05) is 12.4 Å². The highest BCUT2D eigenvalue weighted by Crippen LogP contribution is 2.16. The van der Waals surface area contributed by atoms with E-state index in [1.54, 1.807) is 37.4 Å². The van der Waals surface area contributed by atoms with Gasteiger partial charge in [0.25, 0.3) is 5.91 Å². The Bertz CT molecular complexity index is 1040. The molecule has 3 aromatic rings. The van der Waals surface area contributed by atoms with E-state index < -0.39 is 5.82 Å². The summed E-state index contributed by atoms with van der Waals surface area (Å²) in [5.41, 5.74) is 2.86. The number of aryl methyl sites for hydroxylation is 1. The first kappa shape index (κ1) is 18.5. The molecular formula is C20H14ClFN4O. The summed E-state index contributed by atoms with van der Waals surface area (Å²) in [4.78, 5) is 20.4. The van der Waals surface area contributed by atoms with E-state index in [9.17, 15) is 9.18 Å². The van der Waals surface area contributed by atoms with Gasteiger partial charge in [-0.2, -0.15) is 5.26 Å². The maximum atomic E-state index is 13.5. The Morgan fingerprint density at radius 2 is 2.00 bits per heavy atom. The molecule has 0 fully saturated rings. The number of halogens is 2. The summed E-state index contributed by atoms with van der Waals surface area (Å²) in [6.45, 7) is 1.77. The molecule has 134 valence electrons. The zero-order valence-corrected chi connectivity index (χ0v) is 15.1. The van der Waals surface area contributed by atoms with Crippen LogP contribution in [0.3, 0.4) is 0 Å². The molecule has 1 N–H and O–H groups in total. The minimum atomic E-state index is -0.451. The van der Waals surface area contributed by atoms with E-state index in [0.717, 1.165) is 5.56 Å². The molecule has 1 aromatic carbocycles. The van der Waals surface area contributed by atoms with Crippen LogP contribution >= 0.6 is 11.6 Å². The lowest BCUT2D eigenvalue weighted by Gasteiger charge is -2.07. The van der Waals surface area contributed by atoms with Gasteiger partial charge in [0.05, 0.1) is 17.2 Å². The molecular weight excluding hydrogens is 367 g/mol. The van der Waals surface area contributed by atoms with Crippen molar-refractivity contribution in [2.24, 2.45) is 0 Å². The average Bonchev–Trinajstić information content (AvgIpc) is 2.65. The Morgan fingerprint density at radius 3 is 2.67 bits per heavy atom. The summed E-state index contributed by atoms with van der Waals surface area (Å²) in [6, 6.07) is 11.2. The summed E-state index contributed by atoms with van der Waals surface area (Å²) in [5, 5.41) is 12.0. The maximum Gasteiger partial charge on any atom is 0.258 e. The number of nitriles is 1. The number of hydrogen-bond acceptors (Lipinski definition) is 4. The molecule has 0 aliphatic heterocycles. The molecule has 1 amide bonds. The van der Waals surface area contributed by atoms with Crippen LogP contribution in [0.15, 0.2) is 48.8 Å². The lowest BCUT2D eigenvalue weighted by molar-refractivity contribution is 0.102. The van der Waals surface area contributed by atoms with Crippen LogP contribution in [0, 0.1) is 24.1 Å². The molecule has 0 radical (unpaired) electrons. The van der Waals surface area contributed by atoms with Crippen molar-refractivity contribution in [2.45, 2.75) is 13.3 Å². The van der Waals surface area contributed by atoms with Crippen molar-refractivity contribution in [2.75, 3.05) is 5.32 Å². The van der Waals surface area contributed by atoms with E-state index >= 15 is 0 Å². The van der Waals surface area contributed by atoms with E-state index in [4.69, 9.17) is 16.9 Å². The van der Waals surface area contributed by atoms with Gasteiger partial charge in [0.15, 0.2) is 0 Å². The molecule has 0 saturated carbocycles. The van der Waals surface area contributed by atoms with Crippen LogP contribution in [0.2, 0.25) is 5.15 Å². The molecule has 3 rings (SSSR count). The highest BCUT2D eigenvalue weighted by Gasteiger charge is 2.09. The zero-order chi connectivity index (χ0) is 19.4. The van der Waals surface area contributed by atoms with Crippen molar-refractivity contribution in [3.05, 3.63) is 87.6 Å². The Hall–Kier alpha value is -3.30. The van der Waals surface area contributed by atoms with Gasteiger partial charge in [0.2, 0.25) is 0 Å². The Morgan fingerprint density at radius 1 is 1.19 bits per heavy atom. The van der Waals surface area contributed by atoms with Gasteiger partial charge < -0.3 is 5.32 Å². The van der Waals surface area contributed by atoms with E-state index in [0.29, 0.717) is 34.1 Å². The zero-order valence-electron chi connectivity index (χ0n) is 14.3. The smallest absolute Gasteiger partial charge is 0.258 e. The fraction of sp³-hybridized carbons (Fsp3) is 0.100. The van der Waals surface area contributed by atoms with Gasteiger partial charge in [-0.3, -0.25) is 4.79 Å². The van der Waals surface area contributed by atoms with Crippen LogP contribution in [0.4, 0.5) is 10.2 Å². The Labute approximate surface area is 160 Å². The van der Waals surface area contributed by atoms with E-state index in [1.165, 1.54) is 18.3 Å². The number of carbonyl (C=O) groups is 1. The number of benzene rings is 1. The van der Waals surface area contributed by atoms with Crippen LogP contribution in [-0.2, 0) is 6.42 Å². The number of hydrogen-bond donors (Lipinski definition) is 1. The van der Waals surface area contributed by atoms with E-state index in [-0.39, 0.29) is 11.5 Å². The highest BCUT2D eigenvalue weighted by molar-refractivity contribution is 6.30.